The number of fused-ring (bicyclic) bond motifs is 1. The number of hydrogen-bond acceptors (Lipinski definition) is 4. The first-order valence-corrected chi connectivity index (χ1v) is 12.5. The molecule has 4 rings (SSSR count). The highest BCUT2D eigenvalue weighted by molar-refractivity contribution is 5.83. The molecule has 6 heteroatoms. The summed E-state index contributed by atoms with van der Waals surface area (Å²) >= 11 is 0. The van der Waals surface area contributed by atoms with Crippen LogP contribution in [-0.4, -0.2) is 47.7 Å². The number of benzene rings is 1. The number of aliphatic carboxylic acids is 1. The molecule has 2 aliphatic rings. The minimum absolute atomic E-state index is 0.0984. The molecule has 1 N–H and O–H groups in total. The van der Waals surface area contributed by atoms with Crippen LogP contribution in [0, 0.1) is 17.8 Å². The van der Waals surface area contributed by atoms with Gasteiger partial charge in [-0.1, -0.05) is 19.3 Å². The molecule has 180 valence electrons. The van der Waals surface area contributed by atoms with E-state index in [2.05, 4.69) is 9.88 Å². The average molecular weight is 457 g/mol. The first-order valence-electron chi connectivity index (χ1n) is 12.5. The Hall–Kier alpha value is -2.21. The molecule has 0 radical (unpaired) electrons. The number of hydrogen-bond donors (Lipinski definition) is 1. The van der Waals surface area contributed by atoms with Crippen molar-refractivity contribution in [3.63, 3.8) is 0 Å². The van der Waals surface area contributed by atoms with E-state index >= 15 is 4.39 Å². The fourth-order valence-corrected chi connectivity index (χ4v) is 5.95. The number of alkyl halides is 1. The molecule has 1 aromatic heterocycles. The van der Waals surface area contributed by atoms with Gasteiger partial charge >= 0.3 is 5.97 Å². The molecule has 0 spiro atoms. The number of likely N-dealkylation sites (tertiary alicyclic amines) is 1. The van der Waals surface area contributed by atoms with Crippen LogP contribution in [0.25, 0.3) is 10.9 Å². The molecule has 1 saturated carbocycles. The Morgan fingerprint density at radius 1 is 1.21 bits per heavy atom. The van der Waals surface area contributed by atoms with Gasteiger partial charge in [0.2, 0.25) is 0 Å². The number of methoxy groups -OCH3 is 1. The molecule has 2 fully saturated rings. The zero-order chi connectivity index (χ0) is 23.2. The van der Waals surface area contributed by atoms with Crippen LogP contribution >= 0.6 is 0 Å². The largest absolute Gasteiger partial charge is 0.497 e. The molecule has 1 aliphatic heterocycles. The van der Waals surface area contributed by atoms with Crippen molar-refractivity contribution in [2.24, 2.45) is 17.8 Å². The molecule has 0 bridgehead atoms. The van der Waals surface area contributed by atoms with Crippen molar-refractivity contribution in [1.29, 1.82) is 0 Å². The lowest BCUT2D eigenvalue weighted by Gasteiger charge is -2.40. The lowest BCUT2D eigenvalue weighted by molar-refractivity contribution is -0.139. The summed E-state index contributed by atoms with van der Waals surface area (Å²) in [5.41, 5.74) is 1.40. The van der Waals surface area contributed by atoms with Gasteiger partial charge in [-0.2, -0.15) is 0 Å². The number of pyridine rings is 1. The Morgan fingerprint density at radius 3 is 2.79 bits per heavy atom. The zero-order valence-electron chi connectivity index (χ0n) is 19.7. The second kappa shape index (κ2) is 11.3. The van der Waals surface area contributed by atoms with E-state index in [9.17, 15) is 9.90 Å². The van der Waals surface area contributed by atoms with Gasteiger partial charge in [0.15, 0.2) is 0 Å². The number of piperidine rings is 1. The number of carbonyl (C=O) groups is 1. The van der Waals surface area contributed by atoms with E-state index in [0.717, 1.165) is 42.9 Å². The van der Waals surface area contributed by atoms with Crippen LogP contribution in [-0.2, 0) is 4.79 Å². The predicted octanol–water partition coefficient (Wildman–Crippen LogP) is 6.03. The molecule has 2 aromatic rings. The van der Waals surface area contributed by atoms with Crippen molar-refractivity contribution in [2.75, 3.05) is 26.7 Å². The van der Waals surface area contributed by atoms with E-state index in [1.165, 1.54) is 32.1 Å². The zero-order valence-corrected chi connectivity index (χ0v) is 19.7. The summed E-state index contributed by atoms with van der Waals surface area (Å²) in [4.78, 5) is 18.4. The van der Waals surface area contributed by atoms with Crippen LogP contribution in [0.15, 0.2) is 30.5 Å². The summed E-state index contributed by atoms with van der Waals surface area (Å²) in [6, 6.07) is 7.30. The molecule has 1 aliphatic carbocycles. The fraction of sp³-hybridized carbons (Fsp3) is 0.630. The Bertz CT molecular complexity index is 931. The molecule has 2 heterocycles. The molecule has 33 heavy (non-hydrogen) atoms. The van der Waals surface area contributed by atoms with Crippen LogP contribution in [0.2, 0.25) is 0 Å². The summed E-state index contributed by atoms with van der Waals surface area (Å²) in [7, 11) is 1.60. The minimum Gasteiger partial charge on any atom is -0.497 e. The summed E-state index contributed by atoms with van der Waals surface area (Å²) in [5, 5.41) is 10.3. The van der Waals surface area contributed by atoms with E-state index < -0.39 is 12.1 Å². The standard InChI is InChI=1S/C27H37FN2O3/c1-33-22-8-10-26-24(16-22)23(11-13-29-26)25(28)9-7-20-12-14-30(18-21(20)15-27(31)32)17-19-5-3-2-4-6-19/h8,10-11,13,16,19-21,25H,2-7,9,12,14-15,17-18H2,1H3,(H,31,32)/t20-,21+,25?/m1/s1. The number of carboxylic acid groups (broad SMARTS) is 1. The third-order valence-electron chi connectivity index (χ3n) is 7.76. The summed E-state index contributed by atoms with van der Waals surface area (Å²) < 4.78 is 20.8. The number of halogens is 1. The molecule has 1 saturated heterocycles. The number of ether oxygens (including phenoxy) is 1. The Labute approximate surface area is 196 Å². The first-order chi connectivity index (χ1) is 16.0. The Balaban J connectivity index is 1.39. The Morgan fingerprint density at radius 2 is 2.03 bits per heavy atom. The number of carboxylic acids is 1. The van der Waals surface area contributed by atoms with Gasteiger partial charge in [-0.05, 0) is 86.2 Å². The van der Waals surface area contributed by atoms with E-state index in [0.29, 0.717) is 24.2 Å². The fourth-order valence-electron chi connectivity index (χ4n) is 5.95. The highest BCUT2D eigenvalue weighted by Crippen LogP contribution is 2.37. The van der Waals surface area contributed by atoms with Gasteiger partial charge in [-0.25, -0.2) is 4.39 Å². The van der Waals surface area contributed by atoms with Gasteiger partial charge < -0.3 is 14.7 Å². The highest BCUT2D eigenvalue weighted by atomic mass is 19.1. The lowest BCUT2D eigenvalue weighted by Crippen LogP contribution is -2.43. The summed E-state index contributed by atoms with van der Waals surface area (Å²) in [5.74, 6) is 1.06. The average Bonchev–Trinajstić information content (AvgIpc) is 2.83. The van der Waals surface area contributed by atoms with Gasteiger partial charge in [0.05, 0.1) is 12.6 Å². The van der Waals surface area contributed by atoms with Crippen molar-refractivity contribution >= 4 is 16.9 Å². The molecule has 0 amide bonds. The van der Waals surface area contributed by atoms with Gasteiger partial charge in [-0.15, -0.1) is 0 Å². The van der Waals surface area contributed by atoms with Crippen LogP contribution in [0.4, 0.5) is 4.39 Å². The third-order valence-corrected chi connectivity index (χ3v) is 7.76. The Kier molecular flexibility index (Phi) is 8.18. The van der Waals surface area contributed by atoms with Crippen molar-refractivity contribution in [3.05, 3.63) is 36.0 Å². The normalized spacial score (nSPS) is 23.5. The molecular formula is C27H37FN2O3. The maximum atomic E-state index is 15.4. The second-order valence-electron chi connectivity index (χ2n) is 10.00. The maximum absolute atomic E-state index is 15.4. The molecule has 1 unspecified atom stereocenters. The number of rotatable bonds is 9. The van der Waals surface area contributed by atoms with Crippen molar-refractivity contribution in [3.8, 4) is 5.75 Å². The molecule has 1 aromatic carbocycles. The van der Waals surface area contributed by atoms with Crippen molar-refractivity contribution < 1.29 is 19.0 Å². The second-order valence-corrected chi connectivity index (χ2v) is 10.00. The van der Waals surface area contributed by atoms with Crippen molar-refractivity contribution in [2.45, 2.75) is 64.0 Å². The van der Waals surface area contributed by atoms with Crippen LogP contribution in [0.5, 0.6) is 5.75 Å². The topological polar surface area (TPSA) is 62.7 Å². The van der Waals surface area contributed by atoms with Crippen LogP contribution in [0.3, 0.4) is 0 Å². The summed E-state index contributed by atoms with van der Waals surface area (Å²) in [6.07, 6.45) is 9.42. The van der Waals surface area contributed by atoms with Crippen LogP contribution < -0.4 is 4.74 Å². The van der Waals surface area contributed by atoms with Gasteiger partial charge in [-0.3, -0.25) is 9.78 Å². The molecular weight excluding hydrogens is 419 g/mol. The van der Waals surface area contributed by atoms with E-state index in [-0.39, 0.29) is 18.3 Å². The SMILES string of the molecule is COc1ccc2nccc(C(F)CC[C@@H]3CCN(CC4CCCCC4)C[C@@H]3CC(=O)O)c2c1. The quantitative estimate of drug-likeness (QED) is 0.499. The van der Waals surface area contributed by atoms with Gasteiger partial charge in [0, 0.05) is 31.1 Å². The first kappa shape index (κ1) is 23.9. The monoisotopic (exact) mass is 456 g/mol. The third kappa shape index (κ3) is 6.23. The molecule has 3 atom stereocenters. The molecule has 5 nitrogen and oxygen atoms in total. The van der Waals surface area contributed by atoms with Gasteiger partial charge in [0.25, 0.3) is 0 Å². The van der Waals surface area contributed by atoms with E-state index in [1.807, 2.05) is 18.2 Å². The predicted molar refractivity (Wildman–Crippen MR) is 128 cm³/mol. The van der Waals surface area contributed by atoms with Gasteiger partial charge in [0.1, 0.15) is 11.9 Å². The van der Waals surface area contributed by atoms with E-state index in [1.54, 1.807) is 19.4 Å². The maximum Gasteiger partial charge on any atom is 0.303 e. The van der Waals surface area contributed by atoms with E-state index in [4.69, 9.17) is 4.74 Å². The van der Waals surface area contributed by atoms with Crippen molar-refractivity contribution in [1.82, 2.24) is 9.88 Å². The number of nitrogens with zero attached hydrogens (tertiary/aromatic N) is 2. The minimum atomic E-state index is -1.10. The smallest absolute Gasteiger partial charge is 0.303 e. The van der Waals surface area contributed by atoms with Crippen LogP contribution in [0.1, 0.15) is 69.5 Å². The summed E-state index contributed by atoms with van der Waals surface area (Å²) in [6.45, 7) is 2.93. The lowest BCUT2D eigenvalue weighted by atomic mass is 9.79. The highest BCUT2D eigenvalue weighted by Gasteiger charge is 2.32. The number of aromatic nitrogens is 1.